The molecular weight excluding hydrogens is 436 g/mol. The van der Waals surface area contributed by atoms with Gasteiger partial charge in [-0.3, -0.25) is 24.6 Å². The molecular formula is C24H32N6O4. The number of hydrogen-bond acceptors (Lipinski definition) is 6. The lowest BCUT2D eigenvalue weighted by atomic mass is 9.93. The maximum absolute atomic E-state index is 12.8. The maximum Gasteiger partial charge on any atom is 0.342 e. The van der Waals surface area contributed by atoms with Crippen molar-refractivity contribution < 1.29 is 19.2 Å². The maximum atomic E-state index is 12.8. The molecule has 0 radical (unpaired) electrons. The average Bonchev–Trinajstić information content (AvgIpc) is 3.15. The Balaban J connectivity index is 1.14. The van der Waals surface area contributed by atoms with Crippen LogP contribution in [0.15, 0.2) is 18.2 Å². The lowest BCUT2D eigenvalue weighted by Crippen LogP contribution is -2.56. The van der Waals surface area contributed by atoms with Crippen molar-refractivity contribution in [2.24, 2.45) is 11.7 Å². The predicted octanol–water partition coefficient (Wildman–Crippen LogP) is 0.661. The molecule has 182 valence electrons. The number of carbonyl (C=O) groups excluding carboxylic acids is 4. The zero-order valence-corrected chi connectivity index (χ0v) is 19.4. The summed E-state index contributed by atoms with van der Waals surface area (Å²) in [5.74, 6) is -0.646. The number of hydrogen-bond donors (Lipinski definition) is 2. The van der Waals surface area contributed by atoms with Crippen LogP contribution >= 0.6 is 0 Å². The number of rotatable bonds is 5. The third-order valence-electron chi connectivity index (χ3n) is 7.69. The van der Waals surface area contributed by atoms with Crippen molar-refractivity contribution in [1.82, 2.24) is 25.1 Å². The molecule has 0 atom stereocenters. The highest BCUT2D eigenvalue weighted by Gasteiger charge is 2.37. The van der Waals surface area contributed by atoms with Crippen molar-refractivity contribution in [3.8, 4) is 0 Å². The number of benzene rings is 1. The fourth-order valence-corrected chi connectivity index (χ4v) is 5.69. The number of urea groups is 1. The van der Waals surface area contributed by atoms with E-state index >= 15 is 0 Å². The summed E-state index contributed by atoms with van der Waals surface area (Å²) < 4.78 is 0. The first-order valence-corrected chi connectivity index (χ1v) is 12.2. The first-order chi connectivity index (χ1) is 16.4. The summed E-state index contributed by atoms with van der Waals surface area (Å²) in [4.78, 5) is 52.8. The summed E-state index contributed by atoms with van der Waals surface area (Å²) in [6.07, 6.45) is 4.16. The molecule has 1 aromatic rings. The third kappa shape index (κ3) is 4.52. The molecule has 34 heavy (non-hydrogen) atoms. The summed E-state index contributed by atoms with van der Waals surface area (Å²) in [5, 5.41) is 5.04. The van der Waals surface area contributed by atoms with Crippen LogP contribution in [-0.4, -0.2) is 82.3 Å². The Morgan fingerprint density at radius 2 is 1.71 bits per heavy atom. The fraction of sp³-hybridized carbons (Fsp3) is 0.583. The molecule has 10 heteroatoms. The van der Waals surface area contributed by atoms with E-state index in [1.165, 1.54) is 10.0 Å². The van der Waals surface area contributed by atoms with Gasteiger partial charge in [-0.1, -0.05) is 12.1 Å². The molecule has 3 saturated heterocycles. The zero-order valence-electron chi connectivity index (χ0n) is 19.4. The Morgan fingerprint density at radius 3 is 2.38 bits per heavy atom. The summed E-state index contributed by atoms with van der Waals surface area (Å²) in [5.41, 5.74) is 8.16. The van der Waals surface area contributed by atoms with Gasteiger partial charge in [-0.2, -0.15) is 0 Å². The number of primary amides is 1. The van der Waals surface area contributed by atoms with Crippen LogP contribution < -0.4 is 11.1 Å². The number of carbonyl (C=O) groups is 4. The van der Waals surface area contributed by atoms with Crippen LogP contribution in [0.1, 0.15) is 53.6 Å². The second kappa shape index (κ2) is 9.34. The number of piperidine rings is 2. The Bertz CT molecular complexity index is 997. The SMILES string of the molecule is NC(=O)C1CCN(C2CCN(Cc3ccc4c(c3)CN(N3CCC(=O)NC3=O)C4=O)CC2)CC1. The molecule has 4 aliphatic rings. The van der Waals surface area contributed by atoms with Crippen molar-refractivity contribution in [3.63, 3.8) is 0 Å². The van der Waals surface area contributed by atoms with Gasteiger partial charge in [0, 0.05) is 30.5 Å². The Hall–Kier alpha value is -2.98. The number of nitrogens with one attached hydrogen (secondary N) is 1. The van der Waals surface area contributed by atoms with Gasteiger partial charge in [0.25, 0.3) is 5.91 Å². The van der Waals surface area contributed by atoms with Crippen molar-refractivity contribution in [1.29, 1.82) is 0 Å². The molecule has 1 aromatic carbocycles. The predicted molar refractivity (Wildman–Crippen MR) is 123 cm³/mol. The van der Waals surface area contributed by atoms with E-state index in [-0.39, 0.29) is 36.6 Å². The third-order valence-corrected chi connectivity index (χ3v) is 7.69. The van der Waals surface area contributed by atoms with Gasteiger partial charge in [-0.15, -0.1) is 0 Å². The van der Waals surface area contributed by atoms with E-state index in [2.05, 4.69) is 21.2 Å². The molecule has 0 aliphatic carbocycles. The van der Waals surface area contributed by atoms with Gasteiger partial charge >= 0.3 is 6.03 Å². The van der Waals surface area contributed by atoms with Gasteiger partial charge in [0.1, 0.15) is 0 Å². The van der Waals surface area contributed by atoms with Crippen LogP contribution in [0, 0.1) is 5.92 Å². The second-order valence-electron chi connectivity index (χ2n) is 9.80. The first kappa shape index (κ1) is 22.8. The quantitative estimate of drug-likeness (QED) is 0.655. The lowest BCUT2D eigenvalue weighted by Gasteiger charge is -2.41. The van der Waals surface area contributed by atoms with E-state index in [0.29, 0.717) is 18.2 Å². The van der Waals surface area contributed by atoms with Gasteiger partial charge in [0.15, 0.2) is 0 Å². The number of nitrogens with two attached hydrogens (primary N) is 1. The normalized spacial score (nSPS) is 23.4. The van der Waals surface area contributed by atoms with E-state index in [4.69, 9.17) is 5.73 Å². The van der Waals surface area contributed by atoms with Gasteiger partial charge in [0.2, 0.25) is 11.8 Å². The molecule has 5 amide bonds. The summed E-state index contributed by atoms with van der Waals surface area (Å²) in [7, 11) is 0. The van der Waals surface area contributed by atoms with Crippen LogP contribution in [0.5, 0.6) is 0 Å². The minimum absolute atomic E-state index is 0.0331. The van der Waals surface area contributed by atoms with Gasteiger partial charge in [-0.05, 0) is 69.1 Å². The highest BCUT2D eigenvalue weighted by Crippen LogP contribution is 2.28. The molecule has 5 rings (SSSR count). The zero-order chi connectivity index (χ0) is 23.8. The summed E-state index contributed by atoms with van der Waals surface area (Å²) in [6, 6.07) is 5.95. The van der Waals surface area contributed by atoms with Crippen LogP contribution in [0.3, 0.4) is 0 Å². The molecule has 3 N–H and O–H groups in total. The fourth-order valence-electron chi connectivity index (χ4n) is 5.69. The molecule has 0 unspecified atom stereocenters. The number of fused-ring (bicyclic) bond motifs is 1. The van der Waals surface area contributed by atoms with E-state index in [1.807, 2.05) is 12.1 Å². The number of amides is 5. The molecule has 0 aromatic heterocycles. The van der Waals surface area contributed by atoms with Gasteiger partial charge in [-0.25, -0.2) is 14.8 Å². The van der Waals surface area contributed by atoms with Crippen LogP contribution in [0.2, 0.25) is 0 Å². The summed E-state index contributed by atoms with van der Waals surface area (Å²) >= 11 is 0. The number of nitrogens with zero attached hydrogens (tertiary/aromatic N) is 4. The topological polar surface area (TPSA) is 119 Å². The Kier molecular flexibility index (Phi) is 6.26. The summed E-state index contributed by atoms with van der Waals surface area (Å²) in [6.45, 7) is 5.33. The van der Waals surface area contributed by atoms with Gasteiger partial charge < -0.3 is 10.6 Å². The number of likely N-dealkylation sites (tertiary alicyclic amines) is 2. The smallest absolute Gasteiger partial charge is 0.342 e. The van der Waals surface area contributed by atoms with E-state index in [0.717, 1.165) is 69.5 Å². The molecule has 4 heterocycles. The van der Waals surface area contributed by atoms with E-state index < -0.39 is 6.03 Å². The second-order valence-corrected chi connectivity index (χ2v) is 9.80. The van der Waals surface area contributed by atoms with Crippen LogP contribution in [0.4, 0.5) is 4.79 Å². The number of hydrazine groups is 1. The Morgan fingerprint density at radius 1 is 0.971 bits per heavy atom. The molecule has 0 bridgehead atoms. The van der Waals surface area contributed by atoms with Crippen LogP contribution in [0.25, 0.3) is 0 Å². The van der Waals surface area contributed by atoms with Crippen molar-refractivity contribution in [2.75, 3.05) is 32.7 Å². The minimum Gasteiger partial charge on any atom is -0.369 e. The lowest BCUT2D eigenvalue weighted by molar-refractivity contribution is -0.124. The standard InChI is InChI=1S/C24H32N6O4/c25-22(32)17-3-10-28(11-4-17)19-5-8-27(9-6-19)14-16-1-2-20-18(13-16)15-30(23(20)33)29-12-7-21(31)26-24(29)34/h1-2,13,17,19H,3-12,14-15H2,(H2,25,32)(H,26,31,34). The van der Waals surface area contributed by atoms with E-state index in [1.54, 1.807) is 0 Å². The number of imide groups is 1. The van der Waals surface area contributed by atoms with Gasteiger partial charge in [0.05, 0.1) is 13.1 Å². The van der Waals surface area contributed by atoms with Crippen molar-refractivity contribution in [3.05, 3.63) is 34.9 Å². The minimum atomic E-state index is -0.542. The first-order valence-electron chi connectivity index (χ1n) is 12.2. The largest absolute Gasteiger partial charge is 0.369 e. The molecule has 3 fully saturated rings. The Labute approximate surface area is 199 Å². The molecule has 0 saturated carbocycles. The van der Waals surface area contributed by atoms with Crippen LogP contribution in [-0.2, 0) is 22.7 Å². The molecule has 10 nitrogen and oxygen atoms in total. The average molecular weight is 469 g/mol. The molecule has 0 spiro atoms. The van der Waals surface area contributed by atoms with E-state index in [9.17, 15) is 19.2 Å². The molecule has 4 aliphatic heterocycles. The van der Waals surface area contributed by atoms with Crippen molar-refractivity contribution in [2.45, 2.75) is 51.2 Å². The highest BCUT2D eigenvalue weighted by atomic mass is 16.2. The highest BCUT2D eigenvalue weighted by molar-refractivity contribution is 6.01. The van der Waals surface area contributed by atoms with Crippen molar-refractivity contribution >= 4 is 23.8 Å². The monoisotopic (exact) mass is 468 g/mol.